The molecule has 84 valence electrons. The van der Waals surface area contributed by atoms with Crippen molar-refractivity contribution in [3.05, 3.63) is 0 Å². The Kier molecular flexibility index (Phi) is 27.7. The minimum absolute atomic E-state index is 0. The summed E-state index contributed by atoms with van der Waals surface area (Å²) in [5, 5.41) is 0. The summed E-state index contributed by atoms with van der Waals surface area (Å²) in [4.78, 5) is 1.87. The van der Waals surface area contributed by atoms with Crippen LogP contribution >= 0.6 is 59.9 Å². The normalized spacial score (nSPS) is 9.23. The summed E-state index contributed by atoms with van der Waals surface area (Å²) in [5.41, 5.74) is 0. The van der Waals surface area contributed by atoms with Gasteiger partial charge in [-0.25, -0.2) is 0 Å². The van der Waals surface area contributed by atoms with Crippen molar-refractivity contribution in [1.29, 1.82) is 0 Å². The van der Waals surface area contributed by atoms with E-state index < -0.39 is 0 Å². The summed E-state index contributed by atoms with van der Waals surface area (Å²) in [6, 6.07) is 0. The summed E-state index contributed by atoms with van der Waals surface area (Å²) in [6.45, 7) is 1.99. The van der Waals surface area contributed by atoms with Gasteiger partial charge in [0.15, 0.2) is 0 Å². The van der Waals surface area contributed by atoms with E-state index in [0.29, 0.717) is 0 Å². The molecule has 0 atom stereocenters. The van der Waals surface area contributed by atoms with Gasteiger partial charge in [0.25, 0.3) is 0 Å². The van der Waals surface area contributed by atoms with E-state index in [9.17, 15) is 0 Å². The summed E-state index contributed by atoms with van der Waals surface area (Å²) in [6.07, 6.45) is 1.13. The van der Waals surface area contributed by atoms with Crippen molar-refractivity contribution < 1.29 is 9.66 Å². The molecular weight excluding hydrogens is 546 g/mol. The van der Waals surface area contributed by atoms with Crippen molar-refractivity contribution in [3.8, 4) is 0 Å². The van der Waals surface area contributed by atoms with Gasteiger partial charge >= 0.3 is 64.9 Å². The van der Waals surface area contributed by atoms with E-state index in [4.69, 9.17) is 4.74 Å². The minimum atomic E-state index is -0.278. The van der Waals surface area contributed by atoms with Crippen LogP contribution in [0.15, 0.2) is 0 Å². The Hall–Kier alpha value is 2.69. The molecule has 0 aliphatic carbocycles. The third kappa shape index (κ3) is 40.0. The fraction of sp³-hybridized carbons (Fsp3) is 1.00. The van der Waals surface area contributed by atoms with Crippen LogP contribution in [-0.4, -0.2) is 39.3 Å². The zero-order valence-corrected chi connectivity index (χ0v) is 15.4. The predicted molar refractivity (Wildman–Crippen MR) is 83.8 cm³/mol. The van der Waals surface area contributed by atoms with E-state index in [1.165, 1.54) is 0 Å². The molecule has 6 heteroatoms. The monoisotopic (exact) mass is 565 g/mol. The second kappa shape index (κ2) is 17.1. The standard InChI is InChI=1S/C6H15NO.CH4.3HI.V/c1-7(2)5-4-6-8-3;;;;;/h4-6H2,1-3H3;1H4;3*1H;/q;;;;;+3/p-3. The summed E-state index contributed by atoms with van der Waals surface area (Å²) >= 11 is 7.39. The van der Waals surface area contributed by atoms with Gasteiger partial charge in [0.05, 0.1) is 0 Å². The SMILES string of the molecule is C.COCCCN(C)C.[I][V]([I])[I]. The van der Waals surface area contributed by atoms with Crippen LogP contribution in [0.1, 0.15) is 13.8 Å². The molecule has 0 saturated carbocycles. The van der Waals surface area contributed by atoms with Gasteiger partial charge < -0.3 is 9.64 Å². The number of ether oxygens (including phenoxy) is 1. The first-order valence-electron chi connectivity index (χ1n) is 3.41. The van der Waals surface area contributed by atoms with Crippen molar-refractivity contribution in [3.63, 3.8) is 0 Å². The summed E-state index contributed by atoms with van der Waals surface area (Å²) in [7, 11) is 5.86. The summed E-state index contributed by atoms with van der Waals surface area (Å²) < 4.78 is 4.87. The van der Waals surface area contributed by atoms with Crippen molar-refractivity contribution in [2.24, 2.45) is 0 Å². The average molecular weight is 565 g/mol. The fourth-order valence-corrected chi connectivity index (χ4v) is 0.525. The van der Waals surface area contributed by atoms with Crippen molar-refractivity contribution in [1.82, 2.24) is 4.90 Å². The second-order valence-corrected chi connectivity index (χ2v) is 37.7. The molecule has 0 aromatic rings. The molecule has 0 bridgehead atoms. The van der Waals surface area contributed by atoms with Gasteiger partial charge in [0.2, 0.25) is 0 Å². The molecule has 0 rings (SSSR count). The molecule has 0 radical (unpaired) electrons. The van der Waals surface area contributed by atoms with Crippen LogP contribution in [0.3, 0.4) is 0 Å². The third-order valence-corrected chi connectivity index (χ3v) is 0.954. The average Bonchev–Trinajstić information content (AvgIpc) is 1.86. The summed E-state index contributed by atoms with van der Waals surface area (Å²) in [5.74, 6) is 0. The first-order valence-corrected chi connectivity index (χ1v) is 16.9. The first kappa shape index (κ1) is 21.0. The third-order valence-electron chi connectivity index (χ3n) is 0.954. The van der Waals surface area contributed by atoms with E-state index in [1.807, 2.05) is 0 Å². The molecule has 0 N–H and O–H groups in total. The van der Waals surface area contributed by atoms with Gasteiger partial charge in [0, 0.05) is 13.7 Å². The molecule has 2 nitrogen and oxygen atoms in total. The van der Waals surface area contributed by atoms with Gasteiger partial charge in [-0.3, -0.25) is 0 Å². The molecule has 0 aromatic heterocycles. The van der Waals surface area contributed by atoms with E-state index in [2.05, 4.69) is 78.9 Å². The van der Waals surface area contributed by atoms with Crippen molar-refractivity contribution in [2.45, 2.75) is 13.8 Å². The quantitative estimate of drug-likeness (QED) is 0.380. The Morgan fingerprint density at radius 1 is 1.23 bits per heavy atom. The van der Waals surface area contributed by atoms with Crippen LogP contribution in [0.2, 0.25) is 0 Å². The Bertz CT molecular complexity index is 83.4. The van der Waals surface area contributed by atoms with Crippen LogP contribution in [0.4, 0.5) is 0 Å². The number of hydrogen-bond donors (Lipinski definition) is 0. The zero-order valence-electron chi connectivity index (χ0n) is 7.56. The van der Waals surface area contributed by atoms with Gasteiger partial charge in [-0.2, -0.15) is 0 Å². The van der Waals surface area contributed by atoms with Crippen LogP contribution in [0, 0.1) is 0 Å². The first-order chi connectivity index (χ1) is 5.50. The van der Waals surface area contributed by atoms with E-state index in [-0.39, 0.29) is 12.3 Å². The van der Waals surface area contributed by atoms with E-state index in [1.54, 1.807) is 7.11 Å². The van der Waals surface area contributed by atoms with Crippen LogP contribution in [0.25, 0.3) is 0 Å². The zero-order chi connectivity index (χ0) is 9.98. The molecule has 0 spiro atoms. The van der Waals surface area contributed by atoms with Crippen molar-refractivity contribution >= 4 is 59.9 Å². The van der Waals surface area contributed by atoms with Gasteiger partial charge in [-0.15, -0.1) is 0 Å². The van der Waals surface area contributed by atoms with Crippen LogP contribution < -0.4 is 0 Å². The topological polar surface area (TPSA) is 12.5 Å². The molecule has 13 heavy (non-hydrogen) atoms. The van der Waals surface area contributed by atoms with Gasteiger partial charge in [-0.05, 0) is 27.1 Å². The molecule has 0 heterocycles. The number of methoxy groups -OCH3 is 1. The van der Waals surface area contributed by atoms with E-state index in [0.717, 1.165) is 19.6 Å². The molecule has 0 amide bonds. The molecule has 0 aromatic carbocycles. The number of hydrogen-bond acceptors (Lipinski definition) is 2. The molecular formula is C7H19I3NOV. The Morgan fingerprint density at radius 2 is 1.62 bits per heavy atom. The Labute approximate surface area is 121 Å². The maximum atomic E-state index is 4.87. The number of rotatable bonds is 4. The molecule has 0 aliphatic rings. The van der Waals surface area contributed by atoms with Gasteiger partial charge in [-0.1, -0.05) is 7.43 Å². The Morgan fingerprint density at radius 3 is 1.85 bits per heavy atom. The fourth-order valence-electron chi connectivity index (χ4n) is 0.525. The van der Waals surface area contributed by atoms with E-state index >= 15 is 0 Å². The number of nitrogens with zero attached hydrogens (tertiary/aromatic N) is 1. The Balaban J connectivity index is -0.000000173. The number of halogens is 3. The predicted octanol–water partition coefficient (Wildman–Crippen LogP) is 3.88. The van der Waals surface area contributed by atoms with Crippen molar-refractivity contribution in [2.75, 3.05) is 34.4 Å². The molecule has 0 unspecified atom stereocenters. The molecule has 0 saturated heterocycles. The molecule has 0 aliphatic heterocycles. The maximum absolute atomic E-state index is 4.87. The van der Waals surface area contributed by atoms with Gasteiger partial charge in [0.1, 0.15) is 0 Å². The molecule has 0 fully saturated rings. The second-order valence-electron chi connectivity index (χ2n) is 2.34. The van der Waals surface area contributed by atoms with Crippen LogP contribution in [-0.2, 0) is 9.66 Å². The van der Waals surface area contributed by atoms with Crippen LogP contribution in [0.5, 0.6) is 0 Å².